The number of guanidine groups is 1. The van der Waals surface area contributed by atoms with Crippen LogP contribution in [-0.2, 0) is 7.05 Å². The zero-order valence-corrected chi connectivity index (χ0v) is 18.8. The van der Waals surface area contributed by atoms with Gasteiger partial charge in [-0.05, 0) is 24.3 Å². The fourth-order valence-electron chi connectivity index (χ4n) is 3.21. The van der Waals surface area contributed by atoms with Gasteiger partial charge in [-0.2, -0.15) is 5.10 Å². The molecule has 2 N–H and O–H groups in total. The lowest BCUT2D eigenvalue weighted by atomic mass is 10.1. The van der Waals surface area contributed by atoms with Crippen LogP contribution in [0.2, 0.25) is 0 Å². The second-order valence-electron chi connectivity index (χ2n) is 6.67. The van der Waals surface area contributed by atoms with E-state index in [0.29, 0.717) is 12.0 Å². The SMILES string of the molecule is CN=C(NCC(C)c1cccs1)NC1CCCN(c2cnn(C)c2)C1.I. The van der Waals surface area contributed by atoms with Gasteiger partial charge in [0.1, 0.15) is 0 Å². The highest BCUT2D eigenvalue weighted by Gasteiger charge is 2.22. The molecule has 0 saturated carbocycles. The summed E-state index contributed by atoms with van der Waals surface area (Å²) in [7, 11) is 3.80. The van der Waals surface area contributed by atoms with Gasteiger partial charge in [-0.1, -0.05) is 13.0 Å². The predicted molar refractivity (Wildman–Crippen MR) is 121 cm³/mol. The van der Waals surface area contributed by atoms with Crippen molar-refractivity contribution < 1.29 is 0 Å². The van der Waals surface area contributed by atoms with E-state index in [2.05, 4.69) is 56.3 Å². The minimum atomic E-state index is 0. The quantitative estimate of drug-likeness (QED) is 0.386. The average molecular weight is 488 g/mol. The van der Waals surface area contributed by atoms with Gasteiger partial charge in [0.25, 0.3) is 0 Å². The molecular formula is C18H29IN6S. The van der Waals surface area contributed by atoms with Crippen LogP contribution in [0, 0.1) is 0 Å². The number of hydrogen-bond acceptors (Lipinski definition) is 4. The number of rotatable bonds is 5. The Morgan fingerprint density at radius 1 is 1.50 bits per heavy atom. The summed E-state index contributed by atoms with van der Waals surface area (Å²) < 4.78 is 1.86. The molecule has 2 atom stereocenters. The Hall–Kier alpha value is -1.29. The van der Waals surface area contributed by atoms with Crippen molar-refractivity contribution in [1.29, 1.82) is 0 Å². The number of aryl methyl sites for hydroxylation is 1. The van der Waals surface area contributed by atoms with Gasteiger partial charge in [0.05, 0.1) is 11.9 Å². The summed E-state index contributed by atoms with van der Waals surface area (Å²) in [5.74, 6) is 1.37. The molecule has 1 aliphatic rings. The number of piperidine rings is 1. The summed E-state index contributed by atoms with van der Waals surface area (Å²) in [5.41, 5.74) is 1.20. The lowest BCUT2D eigenvalue weighted by molar-refractivity contribution is 0.467. The molecule has 0 aromatic carbocycles. The topological polar surface area (TPSA) is 57.5 Å². The molecule has 1 fully saturated rings. The van der Waals surface area contributed by atoms with Crippen LogP contribution in [0.1, 0.15) is 30.6 Å². The van der Waals surface area contributed by atoms with E-state index in [1.54, 1.807) is 0 Å². The molecule has 0 amide bonds. The first-order valence-electron chi connectivity index (χ1n) is 8.90. The van der Waals surface area contributed by atoms with E-state index < -0.39 is 0 Å². The zero-order valence-electron chi connectivity index (χ0n) is 15.7. The van der Waals surface area contributed by atoms with Gasteiger partial charge in [0.2, 0.25) is 0 Å². The normalized spacial score (nSPS) is 19.0. The van der Waals surface area contributed by atoms with Crippen LogP contribution in [0.5, 0.6) is 0 Å². The van der Waals surface area contributed by atoms with Crippen molar-refractivity contribution in [1.82, 2.24) is 20.4 Å². The summed E-state index contributed by atoms with van der Waals surface area (Å²) in [6.45, 7) is 5.20. The van der Waals surface area contributed by atoms with Gasteiger partial charge in [0.15, 0.2) is 5.96 Å². The highest BCUT2D eigenvalue weighted by atomic mass is 127. The van der Waals surface area contributed by atoms with Crippen LogP contribution in [0.15, 0.2) is 34.9 Å². The Labute approximate surface area is 177 Å². The molecule has 1 saturated heterocycles. The third-order valence-corrected chi connectivity index (χ3v) is 5.75. The lowest BCUT2D eigenvalue weighted by Crippen LogP contribution is -2.51. The first-order chi connectivity index (χ1) is 12.2. The van der Waals surface area contributed by atoms with Crippen LogP contribution in [0.4, 0.5) is 5.69 Å². The lowest BCUT2D eigenvalue weighted by Gasteiger charge is -2.34. The standard InChI is InChI=1S/C18H28N6S.HI/c1-14(17-7-5-9-25-17)10-20-18(19-2)22-15-6-4-8-24(12-15)16-11-21-23(3)13-16;/h5,7,9,11,13-15H,4,6,8,10,12H2,1-3H3,(H2,19,20,22);1H. The number of aromatic nitrogens is 2. The number of hydrogen-bond donors (Lipinski definition) is 2. The van der Waals surface area contributed by atoms with Gasteiger partial charge in [0, 0.05) is 56.8 Å². The maximum absolute atomic E-state index is 4.40. The third kappa shape index (κ3) is 5.60. The van der Waals surface area contributed by atoms with E-state index in [9.17, 15) is 0 Å². The molecule has 0 bridgehead atoms. The molecule has 26 heavy (non-hydrogen) atoms. The van der Waals surface area contributed by atoms with Crippen LogP contribution in [-0.4, -0.2) is 48.5 Å². The van der Waals surface area contributed by atoms with Crippen LogP contribution in [0.25, 0.3) is 0 Å². The minimum absolute atomic E-state index is 0. The van der Waals surface area contributed by atoms with Crippen molar-refractivity contribution in [3.63, 3.8) is 0 Å². The molecule has 8 heteroatoms. The van der Waals surface area contributed by atoms with Gasteiger partial charge in [-0.25, -0.2) is 0 Å². The molecular weight excluding hydrogens is 459 g/mol. The fourth-order valence-corrected chi connectivity index (χ4v) is 4.00. The monoisotopic (exact) mass is 488 g/mol. The molecule has 3 rings (SSSR count). The maximum atomic E-state index is 4.40. The number of halogens is 1. The van der Waals surface area contributed by atoms with Crippen LogP contribution >= 0.6 is 35.3 Å². The smallest absolute Gasteiger partial charge is 0.191 e. The number of nitrogens with zero attached hydrogens (tertiary/aromatic N) is 4. The second-order valence-corrected chi connectivity index (χ2v) is 7.65. The highest BCUT2D eigenvalue weighted by Crippen LogP contribution is 2.20. The highest BCUT2D eigenvalue weighted by molar-refractivity contribution is 14.0. The molecule has 0 aliphatic carbocycles. The summed E-state index contributed by atoms with van der Waals surface area (Å²) in [6, 6.07) is 4.70. The Kier molecular flexibility index (Phi) is 8.20. The maximum Gasteiger partial charge on any atom is 0.191 e. The Morgan fingerprint density at radius 3 is 3.00 bits per heavy atom. The molecule has 2 aromatic heterocycles. The van der Waals surface area contributed by atoms with Gasteiger partial charge < -0.3 is 15.5 Å². The third-order valence-electron chi connectivity index (χ3n) is 4.65. The summed E-state index contributed by atoms with van der Waals surface area (Å²) in [4.78, 5) is 8.20. The van der Waals surface area contributed by atoms with Crippen LogP contribution in [0.3, 0.4) is 0 Å². The molecule has 3 heterocycles. The first kappa shape index (κ1) is 21.0. The largest absolute Gasteiger partial charge is 0.367 e. The van der Waals surface area contributed by atoms with E-state index in [1.807, 2.05) is 36.3 Å². The van der Waals surface area contributed by atoms with E-state index in [-0.39, 0.29) is 24.0 Å². The summed E-state index contributed by atoms with van der Waals surface area (Å²) in [5, 5.41) is 13.5. The summed E-state index contributed by atoms with van der Waals surface area (Å²) in [6.07, 6.45) is 6.36. The first-order valence-corrected chi connectivity index (χ1v) is 9.78. The molecule has 1 aliphatic heterocycles. The summed E-state index contributed by atoms with van der Waals surface area (Å²) >= 11 is 1.81. The Morgan fingerprint density at radius 2 is 2.35 bits per heavy atom. The van der Waals surface area contributed by atoms with E-state index in [1.165, 1.54) is 17.0 Å². The number of nitrogens with one attached hydrogen (secondary N) is 2. The van der Waals surface area contributed by atoms with E-state index in [4.69, 9.17) is 0 Å². The molecule has 6 nitrogen and oxygen atoms in total. The van der Waals surface area contributed by atoms with E-state index >= 15 is 0 Å². The van der Waals surface area contributed by atoms with Crippen LogP contribution < -0.4 is 15.5 Å². The van der Waals surface area contributed by atoms with E-state index in [0.717, 1.165) is 32.0 Å². The van der Waals surface area contributed by atoms with Crippen molar-refractivity contribution in [3.8, 4) is 0 Å². The second kappa shape index (κ2) is 10.1. The minimum Gasteiger partial charge on any atom is -0.367 e. The van der Waals surface area contributed by atoms with Crippen molar-refractivity contribution in [2.24, 2.45) is 12.0 Å². The average Bonchev–Trinajstić information content (AvgIpc) is 3.30. The number of thiophene rings is 1. The predicted octanol–water partition coefficient (Wildman–Crippen LogP) is 3.04. The molecule has 144 valence electrons. The van der Waals surface area contributed by atoms with Gasteiger partial charge in [-0.3, -0.25) is 9.67 Å². The van der Waals surface area contributed by atoms with Gasteiger partial charge in [-0.15, -0.1) is 35.3 Å². The Bertz CT molecular complexity index is 684. The van der Waals surface area contributed by atoms with Crippen molar-refractivity contribution in [2.45, 2.75) is 31.7 Å². The molecule has 0 radical (unpaired) electrons. The molecule has 2 aromatic rings. The van der Waals surface area contributed by atoms with Crippen molar-refractivity contribution >= 4 is 47.0 Å². The van der Waals surface area contributed by atoms with Crippen molar-refractivity contribution in [2.75, 3.05) is 31.6 Å². The molecule has 2 unspecified atom stereocenters. The number of anilines is 1. The van der Waals surface area contributed by atoms with Crippen molar-refractivity contribution in [3.05, 3.63) is 34.8 Å². The fraction of sp³-hybridized carbons (Fsp3) is 0.556. The van der Waals surface area contributed by atoms with Gasteiger partial charge >= 0.3 is 0 Å². The Balaban J connectivity index is 0.00000243. The molecule has 0 spiro atoms. The number of aliphatic imine (C=N–C) groups is 1. The zero-order chi connectivity index (χ0) is 17.6.